The maximum atomic E-state index is 12.1. The molecule has 0 saturated carbocycles. The fraction of sp³-hybridized carbons (Fsp3) is 0.286. The standard InChI is InChI=1S/C21H24O6S/c1-4-21(16(3)22)17-7-9-19(10-8-17)26-13-18(23)14-27-28(24,25)20-11-5-15(2)6-12-20/h4-12,18,21,23H,1,13-14H2,2-3H3. The summed E-state index contributed by atoms with van der Waals surface area (Å²) in [6.07, 6.45) is 0.450. The molecule has 6 nitrogen and oxygen atoms in total. The lowest BCUT2D eigenvalue weighted by molar-refractivity contribution is -0.117. The predicted molar refractivity (Wildman–Crippen MR) is 106 cm³/mol. The normalized spacial score (nSPS) is 13.5. The third-order valence-corrected chi connectivity index (χ3v) is 5.38. The number of Topliss-reactive ketones (excluding diaryl/α,β-unsaturated/α-hetero) is 1. The Morgan fingerprint density at radius 1 is 1.11 bits per heavy atom. The maximum absolute atomic E-state index is 12.1. The molecule has 0 bridgehead atoms. The molecule has 0 aliphatic rings. The first-order chi connectivity index (χ1) is 13.2. The zero-order chi connectivity index (χ0) is 20.7. The van der Waals surface area contributed by atoms with E-state index in [-0.39, 0.29) is 23.2 Å². The molecule has 28 heavy (non-hydrogen) atoms. The van der Waals surface area contributed by atoms with E-state index in [4.69, 9.17) is 8.92 Å². The van der Waals surface area contributed by atoms with Crippen LogP contribution in [0.1, 0.15) is 24.0 Å². The van der Waals surface area contributed by atoms with E-state index in [9.17, 15) is 18.3 Å². The van der Waals surface area contributed by atoms with Crippen LogP contribution in [0, 0.1) is 6.92 Å². The molecule has 0 amide bonds. The molecule has 0 fully saturated rings. The van der Waals surface area contributed by atoms with Gasteiger partial charge >= 0.3 is 0 Å². The minimum Gasteiger partial charge on any atom is -0.491 e. The van der Waals surface area contributed by atoms with Gasteiger partial charge in [-0.3, -0.25) is 8.98 Å². The molecule has 0 aliphatic heterocycles. The number of aryl methyl sites for hydroxylation is 1. The highest BCUT2D eigenvalue weighted by atomic mass is 32.2. The number of hydrogen-bond acceptors (Lipinski definition) is 6. The van der Waals surface area contributed by atoms with Crippen molar-refractivity contribution in [3.8, 4) is 5.75 Å². The van der Waals surface area contributed by atoms with E-state index in [1.165, 1.54) is 19.1 Å². The largest absolute Gasteiger partial charge is 0.491 e. The highest BCUT2D eigenvalue weighted by molar-refractivity contribution is 7.86. The van der Waals surface area contributed by atoms with Crippen molar-refractivity contribution in [1.82, 2.24) is 0 Å². The minimum atomic E-state index is -3.94. The number of ether oxygens (including phenoxy) is 1. The lowest BCUT2D eigenvalue weighted by Crippen LogP contribution is -2.25. The van der Waals surface area contributed by atoms with E-state index in [0.717, 1.165) is 11.1 Å². The van der Waals surface area contributed by atoms with Crippen molar-refractivity contribution >= 4 is 15.9 Å². The average molecular weight is 404 g/mol. The Hall–Kier alpha value is -2.48. The van der Waals surface area contributed by atoms with Crippen LogP contribution in [0.5, 0.6) is 5.75 Å². The van der Waals surface area contributed by atoms with Crippen LogP contribution in [0.4, 0.5) is 0 Å². The number of benzene rings is 2. The summed E-state index contributed by atoms with van der Waals surface area (Å²) in [7, 11) is -3.94. The molecule has 0 aromatic heterocycles. The molecule has 2 unspecified atom stereocenters. The highest BCUT2D eigenvalue weighted by Gasteiger charge is 2.18. The second kappa shape index (κ2) is 9.64. The van der Waals surface area contributed by atoms with Crippen LogP contribution < -0.4 is 4.74 Å². The van der Waals surface area contributed by atoms with Gasteiger partial charge in [0.1, 0.15) is 24.2 Å². The predicted octanol–water partition coefficient (Wildman–Crippen LogP) is 3.00. The molecule has 2 rings (SSSR count). The van der Waals surface area contributed by atoms with Crippen molar-refractivity contribution in [2.45, 2.75) is 30.8 Å². The fourth-order valence-corrected chi connectivity index (χ4v) is 3.43. The van der Waals surface area contributed by atoms with Crippen molar-refractivity contribution in [3.05, 3.63) is 72.3 Å². The van der Waals surface area contributed by atoms with Gasteiger partial charge in [-0.15, -0.1) is 6.58 Å². The fourth-order valence-electron chi connectivity index (χ4n) is 2.49. The topological polar surface area (TPSA) is 89.9 Å². The van der Waals surface area contributed by atoms with Crippen LogP contribution in [0.25, 0.3) is 0 Å². The van der Waals surface area contributed by atoms with Gasteiger partial charge in [-0.2, -0.15) is 8.42 Å². The molecule has 0 saturated heterocycles. The Balaban J connectivity index is 1.86. The summed E-state index contributed by atoms with van der Waals surface area (Å²) in [5, 5.41) is 9.95. The minimum absolute atomic E-state index is 0.00831. The molecule has 0 radical (unpaired) electrons. The summed E-state index contributed by atoms with van der Waals surface area (Å²) in [5.74, 6) is 0.0987. The van der Waals surface area contributed by atoms with E-state index in [1.54, 1.807) is 42.5 Å². The Morgan fingerprint density at radius 2 is 1.71 bits per heavy atom. The van der Waals surface area contributed by atoms with Gasteiger partial charge in [0.05, 0.1) is 17.4 Å². The van der Waals surface area contributed by atoms with E-state index in [1.807, 2.05) is 6.92 Å². The van der Waals surface area contributed by atoms with Crippen LogP contribution in [0.15, 0.2) is 66.1 Å². The Bertz CT molecular complexity index is 901. The van der Waals surface area contributed by atoms with Crippen molar-refractivity contribution in [1.29, 1.82) is 0 Å². The third-order valence-electron chi connectivity index (χ3n) is 4.08. The van der Waals surface area contributed by atoms with Crippen molar-refractivity contribution in [2.75, 3.05) is 13.2 Å². The van der Waals surface area contributed by atoms with Gasteiger partial charge in [-0.1, -0.05) is 35.9 Å². The monoisotopic (exact) mass is 404 g/mol. The molecule has 7 heteroatoms. The van der Waals surface area contributed by atoms with E-state index >= 15 is 0 Å². The van der Waals surface area contributed by atoms with Crippen molar-refractivity contribution in [2.24, 2.45) is 0 Å². The summed E-state index contributed by atoms with van der Waals surface area (Å²) < 4.78 is 34.5. The summed E-state index contributed by atoms with van der Waals surface area (Å²) in [6.45, 7) is 6.45. The second-order valence-corrected chi connectivity index (χ2v) is 8.02. The van der Waals surface area contributed by atoms with Crippen LogP contribution in [-0.2, 0) is 19.1 Å². The number of aliphatic hydroxyl groups excluding tert-OH is 1. The lowest BCUT2D eigenvalue weighted by atomic mass is 9.96. The molecule has 2 atom stereocenters. The second-order valence-electron chi connectivity index (χ2n) is 6.41. The first kappa shape index (κ1) is 21.8. The zero-order valence-electron chi connectivity index (χ0n) is 15.9. The Kier molecular flexibility index (Phi) is 7.51. The molecule has 0 spiro atoms. The molecule has 1 N–H and O–H groups in total. The van der Waals surface area contributed by atoms with Gasteiger partial charge < -0.3 is 9.84 Å². The number of hydrogen-bond donors (Lipinski definition) is 1. The van der Waals surface area contributed by atoms with Gasteiger partial charge in [0, 0.05) is 0 Å². The molecule has 2 aromatic carbocycles. The molecule has 0 aliphatic carbocycles. The molecule has 0 heterocycles. The van der Waals surface area contributed by atoms with Gasteiger partial charge in [-0.05, 0) is 43.7 Å². The lowest BCUT2D eigenvalue weighted by Gasteiger charge is -2.14. The molecule has 150 valence electrons. The first-order valence-electron chi connectivity index (χ1n) is 8.73. The van der Waals surface area contributed by atoms with Crippen LogP contribution >= 0.6 is 0 Å². The molecular formula is C21H24O6S. The summed E-state index contributed by atoms with van der Waals surface area (Å²) in [4.78, 5) is 11.6. The van der Waals surface area contributed by atoms with Crippen molar-refractivity contribution in [3.63, 3.8) is 0 Å². The molecule has 2 aromatic rings. The van der Waals surface area contributed by atoms with Crippen LogP contribution in [0.3, 0.4) is 0 Å². The van der Waals surface area contributed by atoms with E-state index in [0.29, 0.717) is 5.75 Å². The summed E-state index contributed by atoms with van der Waals surface area (Å²) in [5.41, 5.74) is 1.73. The molecular weight excluding hydrogens is 380 g/mol. The van der Waals surface area contributed by atoms with Crippen molar-refractivity contribution < 1.29 is 27.2 Å². The van der Waals surface area contributed by atoms with Gasteiger partial charge in [0.25, 0.3) is 10.1 Å². The third kappa shape index (κ3) is 6.02. The van der Waals surface area contributed by atoms with E-state index < -0.39 is 22.8 Å². The van der Waals surface area contributed by atoms with Gasteiger partial charge in [0.15, 0.2) is 0 Å². The highest BCUT2D eigenvalue weighted by Crippen LogP contribution is 2.21. The number of ketones is 1. The quantitative estimate of drug-likeness (QED) is 0.484. The smallest absolute Gasteiger partial charge is 0.297 e. The Morgan fingerprint density at radius 3 is 2.25 bits per heavy atom. The summed E-state index contributed by atoms with van der Waals surface area (Å²) in [6, 6.07) is 13.1. The van der Waals surface area contributed by atoms with Gasteiger partial charge in [-0.25, -0.2) is 0 Å². The van der Waals surface area contributed by atoms with E-state index in [2.05, 4.69) is 6.58 Å². The van der Waals surface area contributed by atoms with Gasteiger partial charge in [0.2, 0.25) is 0 Å². The van der Waals surface area contributed by atoms with Crippen LogP contribution in [0.2, 0.25) is 0 Å². The number of carbonyl (C=O) groups excluding carboxylic acids is 1. The number of carbonyl (C=O) groups is 1. The number of allylic oxidation sites excluding steroid dienone is 1. The maximum Gasteiger partial charge on any atom is 0.297 e. The average Bonchev–Trinajstić information content (AvgIpc) is 2.66. The van der Waals surface area contributed by atoms with Crippen LogP contribution in [-0.4, -0.2) is 38.6 Å². The first-order valence-corrected chi connectivity index (χ1v) is 10.1. The Labute approximate surface area is 165 Å². The zero-order valence-corrected chi connectivity index (χ0v) is 16.7. The number of rotatable bonds is 10. The summed E-state index contributed by atoms with van der Waals surface area (Å²) >= 11 is 0. The number of aliphatic hydroxyl groups is 1. The SMILES string of the molecule is C=CC(C(C)=O)c1ccc(OCC(O)COS(=O)(=O)c2ccc(C)cc2)cc1.